The number of aromatic nitrogens is 1. The number of carbonyl (C=O) groups excluding carboxylic acids is 1. The molecular formula is C17H12N2O6S. The van der Waals surface area contributed by atoms with Gasteiger partial charge in [0.2, 0.25) is 5.91 Å². The second-order valence-electron chi connectivity index (χ2n) is 5.05. The summed E-state index contributed by atoms with van der Waals surface area (Å²) in [6.07, 6.45) is 1.59. The summed E-state index contributed by atoms with van der Waals surface area (Å²) >= 11 is 1.10. The molecule has 0 radical (unpaired) electrons. The number of carboxylic acids is 1. The van der Waals surface area contributed by atoms with E-state index in [2.05, 4.69) is 10.3 Å². The normalized spacial score (nSPS) is 11.0. The lowest BCUT2D eigenvalue weighted by Gasteiger charge is -2.03. The fourth-order valence-corrected chi connectivity index (χ4v) is 2.87. The third-order valence-electron chi connectivity index (χ3n) is 3.33. The maximum Gasteiger partial charge on any atom is 0.345 e. The van der Waals surface area contributed by atoms with Gasteiger partial charge < -0.3 is 14.3 Å². The molecule has 0 saturated heterocycles. The molecule has 3 aromatic rings. The van der Waals surface area contributed by atoms with Crippen LogP contribution in [-0.2, 0) is 9.59 Å². The van der Waals surface area contributed by atoms with Crippen molar-refractivity contribution in [2.75, 3.05) is 12.4 Å². The first-order chi connectivity index (χ1) is 12.5. The summed E-state index contributed by atoms with van der Waals surface area (Å²) in [7, 11) is 1.54. The van der Waals surface area contributed by atoms with Crippen LogP contribution in [0, 0.1) is 0 Å². The number of methoxy groups -OCH3 is 1. The molecule has 9 heteroatoms. The summed E-state index contributed by atoms with van der Waals surface area (Å²) in [5.41, 5.74) is 0.438. The van der Waals surface area contributed by atoms with E-state index in [1.54, 1.807) is 29.6 Å². The highest BCUT2D eigenvalue weighted by atomic mass is 32.1. The Bertz CT molecular complexity index is 1080. The van der Waals surface area contributed by atoms with Gasteiger partial charge in [-0.2, -0.15) is 0 Å². The number of thiazole rings is 1. The second-order valence-corrected chi connectivity index (χ2v) is 5.91. The molecule has 0 atom stereocenters. The highest BCUT2D eigenvalue weighted by Gasteiger charge is 2.13. The van der Waals surface area contributed by atoms with Crippen LogP contribution in [0.25, 0.3) is 22.2 Å². The van der Waals surface area contributed by atoms with Gasteiger partial charge in [-0.25, -0.2) is 14.6 Å². The predicted octanol–water partition coefficient (Wildman–Crippen LogP) is 2.50. The summed E-state index contributed by atoms with van der Waals surface area (Å²) in [4.78, 5) is 38.4. The summed E-state index contributed by atoms with van der Waals surface area (Å²) in [5.74, 6) is -1.25. The van der Waals surface area contributed by atoms with E-state index in [0.29, 0.717) is 22.4 Å². The molecule has 26 heavy (non-hydrogen) atoms. The quantitative estimate of drug-likeness (QED) is 0.522. The number of carboxylic acid groups (broad SMARTS) is 1. The molecule has 0 spiro atoms. The number of amides is 1. The number of nitrogens with one attached hydrogen (secondary N) is 1. The number of aliphatic carboxylic acids is 1. The van der Waals surface area contributed by atoms with E-state index < -0.39 is 17.5 Å². The molecule has 132 valence electrons. The van der Waals surface area contributed by atoms with Crippen LogP contribution < -0.4 is 15.7 Å². The average Bonchev–Trinajstić information content (AvgIpc) is 3.07. The monoisotopic (exact) mass is 372 g/mol. The van der Waals surface area contributed by atoms with Crippen LogP contribution in [0.2, 0.25) is 0 Å². The van der Waals surface area contributed by atoms with Gasteiger partial charge in [-0.1, -0.05) is 0 Å². The van der Waals surface area contributed by atoms with Crippen LogP contribution in [0.3, 0.4) is 0 Å². The van der Waals surface area contributed by atoms with Gasteiger partial charge in [-0.3, -0.25) is 10.1 Å². The number of nitrogens with zero attached hydrogens (tertiary/aromatic N) is 1. The number of benzene rings is 1. The number of fused-ring (bicyclic) bond motifs is 1. The minimum atomic E-state index is -1.23. The third kappa shape index (κ3) is 3.78. The van der Waals surface area contributed by atoms with Gasteiger partial charge in [0.15, 0.2) is 5.13 Å². The van der Waals surface area contributed by atoms with Gasteiger partial charge in [-0.15, -0.1) is 11.3 Å². The summed E-state index contributed by atoms with van der Waals surface area (Å²) in [6.45, 7) is 0. The SMILES string of the molecule is COc1ccc2oc(=O)c(-c3csc(NC(=O)C=CC(=O)O)n3)cc2c1. The minimum absolute atomic E-state index is 0.227. The first-order valence-corrected chi connectivity index (χ1v) is 8.14. The zero-order valence-corrected chi connectivity index (χ0v) is 14.2. The van der Waals surface area contributed by atoms with Crippen molar-refractivity contribution in [3.63, 3.8) is 0 Å². The maximum absolute atomic E-state index is 12.2. The number of rotatable bonds is 5. The Kier molecular flexibility index (Phi) is 4.81. The zero-order valence-electron chi connectivity index (χ0n) is 13.4. The van der Waals surface area contributed by atoms with Gasteiger partial charge in [-0.05, 0) is 24.3 Å². The number of anilines is 1. The molecule has 2 aromatic heterocycles. The Morgan fingerprint density at radius 3 is 2.85 bits per heavy atom. The summed E-state index contributed by atoms with van der Waals surface area (Å²) in [5, 5.41) is 13.4. The van der Waals surface area contributed by atoms with Crippen molar-refractivity contribution in [2.45, 2.75) is 0 Å². The van der Waals surface area contributed by atoms with E-state index in [9.17, 15) is 14.4 Å². The lowest BCUT2D eigenvalue weighted by atomic mass is 10.1. The largest absolute Gasteiger partial charge is 0.497 e. The van der Waals surface area contributed by atoms with Gasteiger partial charge in [0.05, 0.1) is 18.4 Å². The van der Waals surface area contributed by atoms with Crippen molar-refractivity contribution in [2.24, 2.45) is 0 Å². The molecule has 0 aliphatic rings. The van der Waals surface area contributed by atoms with Crippen LogP contribution in [0.5, 0.6) is 5.75 Å². The molecule has 0 bridgehead atoms. The number of hydrogen-bond donors (Lipinski definition) is 2. The highest BCUT2D eigenvalue weighted by molar-refractivity contribution is 7.14. The molecule has 0 saturated carbocycles. The van der Waals surface area contributed by atoms with Crippen molar-refractivity contribution in [1.29, 1.82) is 0 Å². The molecule has 1 aromatic carbocycles. The number of carbonyl (C=O) groups is 2. The second kappa shape index (κ2) is 7.19. The lowest BCUT2D eigenvalue weighted by molar-refractivity contribution is -0.131. The van der Waals surface area contributed by atoms with Gasteiger partial charge in [0.1, 0.15) is 11.3 Å². The van der Waals surface area contributed by atoms with E-state index >= 15 is 0 Å². The topological polar surface area (TPSA) is 119 Å². The van der Waals surface area contributed by atoms with Crippen LogP contribution >= 0.6 is 11.3 Å². The summed E-state index contributed by atoms with van der Waals surface area (Å²) in [6, 6.07) is 6.69. The minimum Gasteiger partial charge on any atom is -0.497 e. The fourth-order valence-electron chi connectivity index (χ4n) is 2.16. The van der Waals surface area contributed by atoms with Gasteiger partial charge in [0.25, 0.3) is 0 Å². The first-order valence-electron chi connectivity index (χ1n) is 7.26. The molecule has 2 heterocycles. The fraction of sp³-hybridized carbons (Fsp3) is 0.0588. The van der Waals surface area contributed by atoms with Crippen molar-refractivity contribution in [3.05, 3.63) is 52.2 Å². The van der Waals surface area contributed by atoms with E-state index in [4.69, 9.17) is 14.3 Å². The van der Waals surface area contributed by atoms with Gasteiger partial charge in [0, 0.05) is 22.9 Å². The maximum atomic E-state index is 12.2. The third-order valence-corrected chi connectivity index (χ3v) is 4.08. The smallest absolute Gasteiger partial charge is 0.345 e. The molecule has 0 fully saturated rings. The Balaban J connectivity index is 1.91. The Labute approximate surface area is 150 Å². The average molecular weight is 372 g/mol. The Morgan fingerprint density at radius 1 is 1.31 bits per heavy atom. The van der Waals surface area contributed by atoms with Crippen molar-refractivity contribution in [3.8, 4) is 17.0 Å². The van der Waals surface area contributed by atoms with Crippen LogP contribution in [0.1, 0.15) is 0 Å². The van der Waals surface area contributed by atoms with E-state index in [1.165, 1.54) is 7.11 Å². The molecule has 0 unspecified atom stereocenters. The van der Waals surface area contributed by atoms with E-state index in [0.717, 1.165) is 23.5 Å². The standard InChI is InChI=1S/C17H12N2O6S/c1-24-10-2-3-13-9(6-10)7-11(16(23)25-13)12-8-26-17(18-12)19-14(20)4-5-15(21)22/h2-8H,1H3,(H,21,22)(H,18,19,20). The molecule has 2 N–H and O–H groups in total. The predicted molar refractivity (Wildman–Crippen MR) is 95.5 cm³/mol. The molecule has 0 aliphatic carbocycles. The first kappa shape index (κ1) is 17.4. The Morgan fingerprint density at radius 2 is 2.12 bits per heavy atom. The number of ether oxygens (including phenoxy) is 1. The van der Waals surface area contributed by atoms with Gasteiger partial charge >= 0.3 is 11.6 Å². The van der Waals surface area contributed by atoms with Crippen LogP contribution in [0.4, 0.5) is 5.13 Å². The van der Waals surface area contributed by atoms with Crippen molar-refractivity contribution < 1.29 is 23.8 Å². The molecule has 0 aliphatic heterocycles. The molecular weight excluding hydrogens is 360 g/mol. The van der Waals surface area contributed by atoms with E-state index in [-0.39, 0.29) is 10.7 Å². The zero-order chi connectivity index (χ0) is 18.7. The van der Waals surface area contributed by atoms with Crippen LogP contribution in [-0.4, -0.2) is 29.1 Å². The molecule has 8 nitrogen and oxygen atoms in total. The lowest BCUT2D eigenvalue weighted by Crippen LogP contribution is -2.08. The van der Waals surface area contributed by atoms with E-state index in [1.807, 2.05) is 0 Å². The molecule has 3 rings (SSSR count). The van der Waals surface area contributed by atoms with Crippen molar-refractivity contribution in [1.82, 2.24) is 4.98 Å². The summed E-state index contributed by atoms with van der Waals surface area (Å²) < 4.78 is 10.4. The van der Waals surface area contributed by atoms with Crippen LogP contribution in [0.15, 0.2) is 51.0 Å². The van der Waals surface area contributed by atoms with Crippen molar-refractivity contribution >= 4 is 39.3 Å². The Hall–Kier alpha value is -3.46. The highest BCUT2D eigenvalue weighted by Crippen LogP contribution is 2.27. The molecule has 1 amide bonds. The number of hydrogen-bond acceptors (Lipinski definition) is 7.